The molecule has 2 atom stereocenters. The normalized spacial score (nSPS) is 24.4. The van der Waals surface area contributed by atoms with Crippen LogP contribution in [0, 0.1) is 15.9 Å². The summed E-state index contributed by atoms with van der Waals surface area (Å²) in [4.78, 5) is 10.4. The van der Waals surface area contributed by atoms with Gasteiger partial charge in [-0.1, -0.05) is 0 Å². The Balaban J connectivity index is 1.66. The Bertz CT molecular complexity index is 559. The predicted molar refractivity (Wildman–Crippen MR) is 75.3 cm³/mol. The average Bonchev–Trinajstić information content (AvgIpc) is 2.53. The van der Waals surface area contributed by atoms with Gasteiger partial charge in [-0.25, -0.2) is 4.39 Å². The molecule has 0 spiro atoms. The Labute approximate surface area is 127 Å². The number of fused-ring (bicyclic) bond motifs is 1. The van der Waals surface area contributed by atoms with Crippen molar-refractivity contribution in [2.45, 2.75) is 44.5 Å². The first-order valence-corrected chi connectivity index (χ1v) is 7.50. The minimum absolute atomic E-state index is 0.163. The number of benzene rings is 1. The van der Waals surface area contributed by atoms with Crippen LogP contribution >= 0.6 is 0 Å². The van der Waals surface area contributed by atoms with Crippen molar-refractivity contribution in [1.82, 2.24) is 0 Å². The van der Waals surface area contributed by atoms with Crippen molar-refractivity contribution in [2.75, 3.05) is 13.2 Å². The molecule has 0 aliphatic carbocycles. The van der Waals surface area contributed by atoms with Gasteiger partial charge in [0.1, 0.15) is 11.9 Å². The van der Waals surface area contributed by atoms with Crippen LogP contribution in [0.5, 0.6) is 5.75 Å². The fourth-order valence-corrected chi connectivity index (χ4v) is 2.81. The lowest BCUT2D eigenvalue weighted by Crippen LogP contribution is -2.32. The Kier molecular flexibility index (Phi) is 4.54. The van der Waals surface area contributed by atoms with Crippen LogP contribution in [0.25, 0.3) is 0 Å². The van der Waals surface area contributed by atoms with E-state index in [1.165, 1.54) is 6.07 Å². The highest BCUT2D eigenvalue weighted by molar-refractivity contribution is 5.53. The zero-order chi connectivity index (χ0) is 15.5. The van der Waals surface area contributed by atoms with Crippen LogP contribution in [-0.2, 0) is 15.9 Å². The molecular formula is C15H18FNO5. The fourth-order valence-electron chi connectivity index (χ4n) is 2.81. The highest BCUT2D eigenvalue weighted by Gasteiger charge is 2.29. The lowest BCUT2D eigenvalue weighted by molar-refractivity contribution is -0.386. The maximum absolute atomic E-state index is 13.4. The molecule has 0 aromatic heterocycles. The Morgan fingerprint density at radius 1 is 1.36 bits per heavy atom. The van der Waals surface area contributed by atoms with Crippen molar-refractivity contribution in [3.63, 3.8) is 0 Å². The molecule has 2 aliphatic heterocycles. The third kappa shape index (κ3) is 3.36. The molecule has 1 saturated heterocycles. The number of nitro benzene ring substituents is 1. The summed E-state index contributed by atoms with van der Waals surface area (Å²) in [6.07, 6.45) is 3.65. The molecule has 2 unspecified atom stereocenters. The average molecular weight is 311 g/mol. The molecule has 6 nitrogen and oxygen atoms in total. The predicted octanol–water partition coefficient (Wildman–Crippen LogP) is 2.97. The summed E-state index contributed by atoms with van der Waals surface area (Å²) in [6.45, 7) is 1.02. The number of nitrogens with zero attached hydrogens (tertiary/aromatic N) is 1. The number of halogens is 1. The van der Waals surface area contributed by atoms with Crippen LogP contribution in [0.2, 0.25) is 0 Å². The topological polar surface area (TPSA) is 70.8 Å². The molecule has 1 fully saturated rings. The van der Waals surface area contributed by atoms with Crippen molar-refractivity contribution in [3.8, 4) is 5.75 Å². The highest BCUT2D eigenvalue weighted by Crippen LogP contribution is 2.37. The van der Waals surface area contributed by atoms with Crippen LogP contribution in [0.15, 0.2) is 12.1 Å². The van der Waals surface area contributed by atoms with Crippen LogP contribution in [0.3, 0.4) is 0 Å². The molecular weight excluding hydrogens is 293 g/mol. The molecule has 2 aliphatic rings. The first-order chi connectivity index (χ1) is 10.6. The maximum atomic E-state index is 13.4. The van der Waals surface area contributed by atoms with Crippen LogP contribution in [-0.4, -0.2) is 30.5 Å². The van der Waals surface area contributed by atoms with E-state index in [2.05, 4.69) is 0 Å². The molecule has 0 N–H and O–H groups in total. The number of ether oxygens (including phenoxy) is 3. The lowest BCUT2D eigenvalue weighted by atomic mass is 10.0. The second kappa shape index (κ2) is 6.58. The van der Waals surface area contributed by atoms with E-state index >= 15 is 0 Å². The zero-order valence-corrected chi connectivity index (χ0v) is 12.1. The van der Waals surface area contributed by atoms with Crippen LogP contribution in [0.1, 0.15) is 31.2 Å². The first kappa shape index (κ1) is 15.2. The van der Waals surface area contributed by atoms with E-state index in [1.807, 2.05) is 0 Å². The summed E-state index contributed by atoms with van der Waals surface area (Å²) in [5, 5.41) is 11.0. The van der Waals surface area contributed by atoms with E-state index in [0.717, 1.165) is 25.3 Å². The Morgan fingerprint density at radius 3 is 2.95 bits per heavy atom. The van der Waals surface area contributed by atoms with Gasteiger partial charge < -0.3 is 14.2 Å². The summed E-state index contributed by atoms with van der Waals surface area (Å²) in [7, 11) is 0. The number of hydrogen-bond donors (Lipinski definition) is 0. The third-order valence-corrected chi connectivity index (χ3v) is 3.93. The second-order valence-electron chi connectivity index (χ2n) is 5.58. The van der Waals surface area contributed by atoms with Crippen molar-refractivity contribution in [3.05, 3.63) is 33.6 Å². The standard InChI is InChI=1S/C15H18FNO5/c16-11-7-10-4-5-12(9-21-14-3-1-2-6-20-14)22-15(10)13(8-11)17(18)19/h7-8,12,14H,1-6,9H2. The summed E-state index contributed by atoms with van der Waals surface area (Å²) >= 11 is 0. The van der Waals surface area contributed by atoms with Gasteiger partial charge in [-0.3, -0.25) is 10.1 Å². The summed E-state index contributed by atoms with van der Waals surface area (Å²) in [5.41, 5.74) is 0.213. The SMILES string of the molecule is O=[N+]([O-])c1cc(F)cc2c1OC(COC1CCCCO1)CC2. The Morgan fingerprint density at radius 2 is 2.23 bits per heavy atom. The summed E-state index contributed by atoms with van der Waals surface area (Å²) in [5.74, 6) is -0.449. The summed E-state index contributed by atoms with van der Waals surface area (Å²) in [6, 6.07) is 2.19. The maximum Gasteiger partial charge on any atom is 0.314 e. The summed E-state index contributed by atoms with van der Waals surface area (Å²) < 4.78 is 30.2. The van der Waals surface area contributed by atoms with Crippen LogP contribution < -0.4 is 4.74 Å². The van der Waals surface area contributed by atoms with E-state index < -0.39 is 10.7 Å². The lowest BCUT2D eigenvalue weighted by Gasteiger charge is -2.28. The minimum Gasteiger partial charge on any atom is -0.481 e. The first-order valence-electron chi connectivity index (χ1n) is 7.50. The van der Waals surface area contributed by atoms with Crippen molar-refractivity contribution >= 4 is 5.69 Å². The number of rotatable bonds is 4. The van der Waals surface area contributed by atoms with E-state index in [-0.39, 0.29) is 23.8 Å². The zero-order valence-electron chi connectivity index (χ0n) is 12.1. The number of aryl methyl sites for hydroxylation is 1. The number of nitro groups is 1. The van der Waals surface area contributed by atoms with Gasteiger partial charge >= 0.3 is 5.69 Å². The van der Waals surface area contributed by atoms with Crippen molar-refractivity contribution in [2.24, 2.45) is 0 Å². The molecule has 22 heavy (non-hydrogen) atoms. The Hall–Kier alpha value is -1.73. The third-order valence-electron chi connectivity index (χ3n) is 3.93. The second-order valence-corrected chi connectivity index (χ2v) is 5.58. The van der Waals surface area contributed by atoms with Gasteiger partial charge in [-0.05, 0) is 38.2 Å². The highest BCUT2D eigenvalue weighted by atomic mass is 19.1. The molecule has 0 saturated carbocycles. The molecule has 1 aromatic carbocycles. The van der Waals surface area contributed by atoms with Gasteiger partial charge in [0.15, 0.2) is 6.29 Å². The molecule has 1 aromatic rings. The monoisotopic (exact) mass is 311 g/mol. The molecule has 0 amide bonds. The van der Waals surface area contributed by atoms with E-state index in [4.69, 9.17) is 14.2 Å². The number of hydrogen-bond acceptors (Lipinski definition) is 5. The quantitative estimate of drug-likeness (QED) is 0.631. The molecule has 3 rings (SSSR count). The van der Waals surface area contributed by atoms with Gasteiger partial charge in [0.25, 0.3) is 0 Å². The molecule has 7 heteroatoms. The van der Waals surface area contributed by atoms with E-state index in [0.29, 0.717) is 31.6 Å². The van der Waals surface area contributed by atoms with Crippen LogP contribution in [0.4, 0.5) is 10.1 Å². The fraction of sp³-hybridized carbons (Fsp3) is 0.600. The van der Waals surface area contributed by atoms with Gasteiger partial charge in [0, 0.05) is 12.2 Å². The minimum atomic E-state index is -0.616. The molecule has 0 bridgehead atoms. The van der Waals surface area contributed by atoms with Crippen molar-refractivity contribution < 1.29 is 23.5 Å². The smallest absolute Gasteiger partial charge is 0.314 e. The van der Waals surface area contributed by atoms with Gasteiger partial charge in [0.05, 0.1) is 17.6 Å². The van der Waals surface area contributed by atoms with Crippen molar-refractivity contribution in [1.29, 1.82) is 0 Å². The molecule has 120 valence electrons. The molecule has 2 heterocycles. The van der Waals surface area contributed by atoms with E-state index in [9.17, 15) is 14.5 Å². The van der Waals surface area contributed by atoms with Gasteiger partial charge in [-0.2, -0.15) is 0 Å². The largest absolute Gasteiger partial charge is 0.481 e. The van der Waals surface area contributed by atoms with E-state index in [1.54, 1.807) is 0 Å². The molecule has 0 radical (unpaired) electrons. The van der Waals surface area contributed by atoms with Gasteiger partial charge in [0.2, 0.25) is 5.75 Å². The van der Waals surface area contributed by atoms with Gasteiger partial charge in [-0.15, -0.1) is 0 Å².